The molecule has 3 amide bonds. The van der Waals surface area contributed by atoms with Crippen molar-refractivity contribution in [2.75, 3.05) is 19.6 Å². The molecule has 0 aromatic carbocycles. The summed E-state index contributed by atoms with van der Waals surface area (Å²) < 4.78 is 0. The molecule has 15 aliphatic carbocycles. The van der Waals surface area contributed by atoms with Crippen LogP contribution in [0.25, 0.3) is 0 Å². The Morgan fingerprint density at radius 2 is 0.619 bits per heavy atom. The zero-order valence-electron chi connectivity index (χ0n) is 77.0. The van der Waals surface area contributed by atoms with Gasteiger partial charge in [-0.1, -0.05) is 175 Å². The summed E-state index contributed by atoms with van der Waals surface area (Å²) in [6.45, 7) is 73.0. The van der Waals surface area contributed by atoms with Crippen LogP contribution in [-0.4, -0.2) is 48.9 Å². The third kappa shape index (κ3) is 11.8. The van der Waals surface area contributed by atoms with Crippen LogP contribution < -0.4 is 16.0 Å². The van der Waals surface area contributed by atoms with Gasteiger partial charge in [-0.15, -0.1) is 0 Å². The van der Waals surface area contributed by atoms with Crippen molar-refractivity contribution in [3.63, 3.8) is 0 Å². The van der Waals surface area contributed by atoms with Gasteiger partial charge in [0.1, 0.15) is 11.6 Å². The predicted octanol–water partition coefficient (Wildman–Crippen LogP) is 25.0. The summed E-state index contributed by atoms with van der Waals surface area (Å²) in [5.41, 5.74) is 4.93. The second-order valence-electron chi connectivity index (χ2n) is 50.0. The number of fused-ring (bicyclic) bond motifs is 21. The van der Waals surface area contributed by atoms with Crippen molar-refractivity contribution in [1.82, 2.24) is 16.0 Å². The van der Waals surface area contributed by atoms with Gasteiger partial charge in [-0.25, -0.2) is 0 Å². The molecular formula is C105H169N3O5. The minimum Gasteiger partial charge on any atom is -0.355 e. The Morgan fingerprint density at radius 1 is 0.319 bits per heavy atom. The molecule has 113 heavy (non-hydrogen) atoms. The molecule has 15 aliphatic rings. The largest absolute Gasteiger partial charge is 0.355 e. The molecule has 8 heteroatoms. The second kappa shape index (κ2) is 28.3. The standard InChI is InChI=1S/C105H169N3O5/c1-62(2)71-36-48-103(54-51-97(21)74(85(71)103)27-30-82-94(18)42-33-67(9)91(12,13)79(94)39-45-100(82,97)24)88(111)106-59-65(7)57-78(110)70(61-108-90(113)105-50-38-73(64(5)6)87(105)76-29-32-84-96(20)44-35-69(11)93(16,17)81(96)41-47-102(84,26)99(76,23)53-56-105)58-77(109)66(8)60-107-89(112)104-49-37-72(63(3)4)86(104)75-28-31-83-95(19)43-34-68(10)92(14,15)80(95)40-46-101(83,25)98(75,22)52-55-104/h65-76,79-87H,1,3,5,27-61H2,2,4,6-26H3,(H,106,111)(H,107,112)(H,108,113). The molecule has 15 saturated carbocycles. The lowest BCUT2D eigenvalue weighted by Gasteiger charge is -2.73. The highest BCUT2D eigenvalue weighted by molar-refractivity contribution is 5.91. The fraction of sp³-hybridized carbons (Fsp3) is 0.895. The molecule has 33 atom stereocenters. The van der Waals surface area contributed by atoms with Gasteiger partial charge in [0.05, 0.1) is 16.2 Å². The van der Waals surface area contributed by atoms with E-state index in [0.29, 0.717) is 86.4 Å². The number of allylic oxidation sites excluding steroid dienone is 3. The van der Waals surface area contributed by atoms with Crippen LogP contribution in [0.4, 0.5) is 0 Å². The summed E-state index contributed by atoms with van der Waals surface area (Å²) in [7, 11) is 0. The number of carbonyl (C=O) groups excluding carboxylic acids is 5. The maximum atomic E-state index is 16.1. The first-order valence-electron chi connectivity index (χ1n) is 48.5. The molecule has 0 bridgehead atoms. The van der Waals surface area contributed by atoms with Gasteiger partial charge in [-0.3, -0.25) is 24.0 Å². The van der Waals surface area contributed by atoms with Gasteiger partial charge < -0.3 is 16.0 Å². The van der Waals surface area contributed by atoms with Crippen LogP contribution in [0.5, 0.6) is 0 Å². The number of rotatable bonds is 18. The van der Waals surface area contributed by atoms with Crippen LogP contribution in [0.3, 0.4) is 0 Å². The van der Waals surface area contributed by atoms with Crippen molar-refractivity contribution < 1.29 is 24.0 Å². The van der Waals surface area contributed by atoms with E-state index in [2.05, 4.69) is 168 Å². The lowest BCUT2D eigenvalue weighted by molar-refractivity contribution is -0.240. The number of hydrogen-bond donors (Lipinski definition) is 3. The van der Waals surface area contributed by atoms with Gasteiger partial charge in [0.2, 0.25) is 17.7 Å². The molecule has 634 valence electrons. The van der Waals surface area contributed by atoms with E-state index in [0.717, 1.165) is 119 Å². The second-order valence-corrected chi connectivity index (χ2v) is 50.0. The van der Waals surface area contributed by atoms with Crippen LogP contribution in [0.2, 0.25) is 0 Å². The van der Waals surface area contributed by atoms with E-state index >= 15 is 24.0 Å². The summed E-state index contributed by atoms with van der Waals surface area (Å²) in [4.78, 5) is 78.8. The van der Waals surface area contributed by atoms with Crippen LogP contribution in [0, 0.1) is 206 Å². The summed E-state index contributed by atoms with van der Waals surface area (Å²) in [6, 6.07) is 0. The molecule has 0 spiro atoms. The van der Waals surface area contributed by atoms with Crippen molar-refractivity contribution in [1.29, 1.82) is 0 Å². The first-order chi connectivity index (χ1) is 52.6. The Balaban J connectivity index is 0.665. The minimum atomic E-state index is -0.748. The normalized spacial score (nSPS) is 50.7. The summed E-state index contributed by atoms with van der Waals surface area (Å²) in [6.07, 6.45) is 34.4. The molecule has 0 aromatic heterocycles. The Kier molecular flexibility index (Phi) is 21.3. The van der Waals surface area contributed by atoms with Crippen LogP contribution in [0.15, 0.2) is 36.5 Å². The van der Waals surface area contributed by atoms with E-state index in [-0.39, 0.29) is 117 Å². The molecule has 0 aliphatic heterocycles. The number of amides is 3. The highest BCUT2D eigenvalue weighted by Gasteiger charge is 2.77. The predicted molar refractivity (Wildman–Crippen MR) is 464 cm³/mol. The molecule has 0 aromatic rings. The van der Waals surface area contributed by atoms with Crippen LogP contribution >= 0.6 is 0 Å². The van der Waals surface area contributed by atoms with Crippen LogP contribution in [0.1, 0.15) is 365 Å². The molecule has 15 fully saturated rings. The average Bonchev–Trinajstić information content (AvgIpc) is 1.65. The van der Waals surface area contributed by atoms with E-state index in [1.165, 1.54) is 126 Å². The molecule has 8 nitrogen and oxygen atoms in total. The molecule has 0 radical (unpaired) electrons. The summed E-state index contributed by atoms with van der Waals surface area (Å²) in [5.74, 6) is 8.06. The SMILES string of the molecule is C=C(C)C1CCC2(C(=O)NCC(C)CC(=O)C(CNC(=O)C34CCC(C(=C)C)C3C3CCC5C6(C)CCC(C)C(C)(C)C6CCC5(C)C3(C)CC4)CC(=O)C(C)CNC(=O)C34CCC(C(=C)C)C3C3CCC5C6(C)CCC(C)C(C)(C)C6CCC5(C)C3(C)CC4)CCC3(C)C(CCC4C5(C)CCC(C)C(C)(C)C5CCC43C)C12. The van der Waals surface area contributed by atoms with Gasteiger partial charge >= 0.3 is 0 Å². The van der Waals surface area contributed by atoms with Crippen molar-refractivity contribution in [3.05, 3.63) is 36.5 Å². The first kappa shape index (κ1) is 85.0. The molecular weight excluding hydrogens is 1380 g/mol. The zero-order valence-corrected chi connectivity index (χ0v) is 77.0. The zero-order chi connectivity index (χ0) is 82.1. The number of hydrogen-bond acceptors (Lipinski definition) is 5. The molecule has 0 saturated heterocycles. The van der Waals surface area contributed by atoms with Crippen LogP contribution in [-0.2, 0) is 24.0 Å². The lowest BCUT2D eigenvalue weighted by Crippen LogP contribution is -2.67. The van der Waals surface area contributed by atoms with Gasteiger partial charge in [-0.2, -0.15) is 0 Å². The quantitative estimate of drug-likeness (QED) is 0.118. The monoisotopic (exact) mass is 1550 g/mol. The van der Waals surface area contributed by atoms with E-state index < -0.39 is 28.1 Å². The Hall–Kier alpha value is -3.03. The highest BCUT2D eigenvalue weighted by atomic mass is 16.2. The van der Waals surface area contributed by atoms with Crippen molar-refractivity contribution in [3.8, 4) is 0 Å². The lowest BCUT2D eigenvalue weighted by atomic mass is 9.32. The van der Waals surface area contributed by atoms with E-state index in [4.69, 9.17) is 19.7 Å². The van der Waals surface area contributed by atoms with E-state index in [9.17, 15) is 0 Å². The van der Waals surface area contributed by atoms with Gasteiger partial charge in [0.15, 0.2) is 0 Å². The number of carbonyl (C=O) groups is 5. The van der Waals surface area contributed by atoms with Crippen molar-refractivity contribution in [2.45, 2.75) is 365 Å². The maximum Gasteiger partial charge on any atom is 0.226 e. The Labute approximate surface area is 691 Å². The smallest absolute Gasteiger partial charge is 0.226 e. The van der Waals surface area contributed by atoms with Gasteiger partial charge in [0, 0.05) is 44.3 Å². The van der Waals surface area contributed by atoms with Gasteiger partial charge in [0.25, 0.3) is 0 Å². The number of Topliss-reactive ketones (excluding diaryl/α,β-unsaturated/α-hetero) is 2. The molecule has 15 rings (SSSR count). The minimum absolute atomic E-state index is 0.00108. The van der Waals surface area contributed by atoms with E-state index in [1.807, 2.05) is 6.92 Å². The third-order valence-corrected chi connectivity index (χ3v) is 45.9. The molecule has 0 heterocycles. The summed E-state index contributed by atoms with van der Waals surface area (Å²) in [5, 5.41) is 10.8. The average molecular weight is 1550 g/mol. The fourth-order valence-corrected chi connectivity index (χ4v) is 37.8. The Bertz CT molecular complexity index is 3780. The molecule has 3 N–H and O–H groups in total. The van der Waals surface area contributed by atoms with Gasteiger partial charge in [-0.05, 0) is 391 Å². The maximum absolute atomic E-state index is 16.1. The first-order valence-corrected chi connectivity index (χ1v) is 48.5. The third-order valence-electron chi connectivity index (χ3n) is 45.9. The number of ketones is 2. The van der Waals surface area contributed by atoms with E-state index in [1.54, 1.807) is 0 Å². The highest BCUT2D eigenvalue weighted by Crippen LogP contribution is 2.83. The number of nitrogens with one attached hydrogen (secondary N) is 3. The fourth-order valence-electron chi connectivity index (χ4n) is 37.8. The van der Waals surface area contributed by atoms with Crippen molar-refractivity contribution >= 4 is 29.3 Å². The Morgan fingerprint density at radius 3 is 0.929 bits per heavy atom. The molecule has 33 unspecified atom stereocenters. The topological polar surface area (TPSA) is 121 Å². The van der Waals surface area contributed by atoms with Crippen molar-refractivity contribution in [2.24, 2.45) is 206 Å². The summed E-state index contributed by atoms with van der Waals surface area (Å²) >= 11 is 0.